The molecule has 1 aromatic carbocycles. The summed E-state index contributed by atoms with van der Waals surface area (Å²) in [4.78, 5) is 24.5. The second-order valence-corrected chi connectivity index (χ2v) is 12.3. The molecule has 2 aromatic heterocycles. The van der Waals surface area contributed by atoms with Crippen LogP contribution in [0.2, 0.25) is 5.02 Å². The highest BCUT2D eigenvalue weighted by Gasteiger charge is 2.67. The van der Waals surface area contributed by atoms with Crippen molar-refractivity contribution < 1.29 is 23.7 Å². The number of carbonyl (C=O) groups is 2. The fourth-order valence-electron chi connectivity index (χ4n) is 5.77. The van der Waals surface area contributed by atoms with E-state index in [1.807, 2.05) is 19.1 Å². The first-order valence-corrected chi connectivity index (χ1v) is 13.5. The van der Waals surface area contributed by atoms with E-state index in [0.717, 1.165) is 29.7 Å². The van der Waals surface area contributed by atoms with Gasteiger partial charge in [-0.1, -0.05) is 55.7 Å². The summed E-state index contributed by atoms with van der Waals surface area (Å²) >= 11 is 6.30. The van der Waals surface area contributed by atoms with Gasteiger partial charge in [0.05, 0.1) is 16.4 Å². The minimum absolute atomic E-state index is 0.0533. The van der Waals surface area contributed by atoms with Gasteiger partial charge in [-0.3, -0.25) is 9.59 Å². The predicted octanol–water partition coefficient (Wildman–Crippen LogP) is 7.30. The van der Waals surface area contributed by atoms with Crippen LogP contribution in [-0.2, 0) is 9.59 Å². The third-order valence-electron chi connectivity index (χ3n) is 8.73. The molecule has 1 atom stereocenters. The standard InChI is InChI=1S/C29H34ClN3O5/c1-15-6-10-19(18(30)12-15)31-22(34)13-17(9-11-23(35)36)25-24(16-7-8-16)26(38-33-25)20-14-21(37-32-20)27-28(2,3)29(27,4)5/h6,10,12,14,16-17,27H,7-9,11,13H2,1-5H3,(H,31,34)(H,35,36)/t17-/m0/s1. The average Bonchev–Trinajstić information content (AvgIpc) is 3.54. The number of anilines is 1. The lowest BCUT2D eigenvalue weighted by Gasteiger charge is -2.16. The third-order valence-corrected chi connectivity index (χ3v) is 9.04. The van der Waals surface area contributed by atoms with Crippen LogP contribution < -0.4 is 5.32 Å². The van der Waals surface area contributed by atoms with Crippen LogP contribution in [0.25, 0.3) is 11.5 Å². The summed E-state index contributed by atoms with van der Waals surface area (Å²) in [7, 11) is 0. The lowest BCUT2D eigenvalue weighted by atomic mass is 9.90. The smallest absolute Gasteiger partial charge is 0.303 e. The fourth-order valence-corrected chi connectivity index (χ4v) is 6.06. The molecule has 2 N–H and O–H groups in total. The van der Waals surface area contributed by atoms with E-state index in [4.69, 9.17) is 20.6 Å². The summed E-state index contributed by atoms with van der Waals surface area (Å²) < 4.78 is 11.6. The molecule has 2 aliphatic rings. The number of amides is 1. The Balaban J connectivity index is 1.42. The molecule has 38 heavy (non-hydrogen) atoms. The molecule has 2 saturated carbocycles. The molecule has 2 heterocycles. The van der Waals surface area contributed by atoms with Crippen LogP contribution in [0.5, 0.6) is 0 Å². The van der Waals surface area contributed by atoms with Crippen LogP contribution in [0.1, 0.15) is 100 Å². The van der Waals surface area contributed by atoms with Gasteiger partial charge in [0.25, 0.3) is 0 Å². The number of halogens is 1. The Morgan fingerprint density at radius 3 is 2.45 bits per heavy atom. The number of aromatic nitrogens is 2. The lowest BCUT2D eigenvalue weighted by molar-refractivity contribution is -0.137. The van der Waals surface area contributed by atoms with Gasteiger partial charge < -0.3 is 19.5 Å². The van der Waals surface area contributed by atoms with Gasteiger partial charge in [0.2, 0.25) is 5.91 Å². The van der Waals surface area contributed by atoms with Crippen LogP contribution >= 0.6 is 11.6 Å². The van der Waals surface area contributed by atoms with Crippen molar-refractivity contribution in [1.29, 1.82) is 0 Å². The number of aryl methyl sites for hydroxylation is 1. The molecule has 0 unspecified atom stereocenters. The Labute approximate surface area is 227 Å². The average molecular weight is 540 g/mol. The summed E-state index contributed by atoms with van der Waals surface area (Å²) in [5.74, 6) is 0.244. The number of hydrogen-bond donors (Lipinski definition) is 2. The molecule has 2 fully saturated rings. The van der Waals surface area contributed by atoms with Crippen molar-refractivity contribution in [2.45, 2.75) is 84.5 Å². The van der Waals surface area contributed by atoms with Crippen molar-refractivity contribution in [2.75, 3.05) is 5.32 Å². The van der Waals surface area contributed by atoms with Gasteiger partial charge in [-0.05, 0) is 60.6 Å². The Morgan fingerprint density at radius 2 is 1.84 bits per heavy atom. The number of nitrogens with one attached hydrogen (secondary N) is 1. The predicted molar refractivity (Wildman–Crippen MR) is 143 cm³/mol. The number of carboxylic acid groups (broad SMARTS) is 1. The van der Waals surface area contributed by atoms with Gasteiger partial charge in [-0.15, -0.1) is 0 Å². The third kappa shape index (κ3) is 4.86. The van der Waals surface area contributed by atoms with Crippen molar-refractivity contribution in [3.8, 4) is 11.5 Å². The minimum Gasteiger partial charge on any atom is -0.481 e. The van der Waals surface area contributed by atoms with Crippen molar-refractivity contribution >= 4 is 29.2 Å². The highest BCUT2D eigenvalue weighted by Crippen LogP contribution is 2.73. The van der Waals surface area contributed by atoms with E-state index in [1.165, 1.54) is 0 Å². The molecule has 9 heteroatoms. The Morgan fingerprint density at radius 1 is 1.13 bits per heavy atom. The zero-order valence-electron chi connectivity index (χ0n) is 22.4. The van der Waals surface area contributed by atoms with Gasteiger partial charge in [-0.25, -0.2) is 0 Å². The van der Waals surface area contributed by atoms with E-state index in [9.17, 15) is 14.7 Å². The number of carbonyl (C=O) groups excluding carboxylic acids is 1. The number of hydrogen-bond acceptors (Lipinski definition) is 6. The van der Waals surface area contributed by atoms with E-state index in [-0.39, 0.29) is 47.8 Å². The van der Waals surface area contributed by atoms with Crippen molar-refractivity contribution in [3.63, 3.8) is 0 Å². The van der Waals surface area contributed by atoms with Crippen molar-refractivity contribution in [3.05, 3.63) is 51.9 Å². The monoisotopic (exact) mass is 539 g/mol. The first-order valence-electron chi connectivity index (χ1n) is 13.1. The molecule has 0 radical (unpaired) electrons. The van der Waals surface area contributed by atoms with Crippen molar-refractivity contribution in [2.24, 2.45) is 10.8 Å². The number of aliphatic carboxylic acids is 1. The SMILES string of the molecule is Cc1ccc(NC(=O)C[C@H](CCC(=O)O)c2noc(-c3cc(C4C(C)(C)C4(C)C)on3)c2C2CC2)c(Cl)c1. The molecule has 0 spiro atoms. The quantitative estimate of drug-likeness (QED) is 0.277. The van der Waals surface area contributed by atoms with E-state index < -0.39 is 11.9 Å². The zero-order valence-corrected chi connectivity index (χ0v) is 23.2. The summed E-state index contributed by atoms with van der Waals surface area (Å²) in [6, 6.07) is 7.35. The van der Waals surface area contributed by atoms with Gasteiger partial charge in [-0.2, -0.15) is 0 Å². The van der Waals surface area contributed by atoms with Gasteiger partial charge in [0.1, 0.15) is 5.76 Å². The fraction of sp³-hybridized carbons (Fsp3) is 0.517. The lowest BCUT2D eigenvalue weighted by Crippen LogP contribution is -2.17. The molecular formula is C29H34ClN3O5. The van der Waals surface area contributed by atoms with E-state index in [0.29, 0.717) is 27.9 Å². The summed E-state index contributed by atoms with van der Waals surface area (Å²) in [5.41, 5.74) is 3.84. The van der Waals surface area contributed by atoms with E-state index in [1.54, 1.807) is 12.1 Å². The maximum absolute atomic E-state index is 13.1. The molecule has 202 valence electrons. The molecule has 1 amide bonds. The second kappa shape index (κ2) is 9.56. The maximum atomic E-state index is 13.1. The molecular weight excluding hydrogens is 506 g/mol. The molecule has 5 rings (SSSR count). The van der Waals surface area contributed by atoms with Gasteiger partial charge >= 0.3 is 5.97 Å². The number of rotatable bonds is 10. The highest BCUT2D eigenvalue weighted by molar-refractivity contribution is 6.33. The summed E-state index contributed by atoms with van der Waals surface area (Å²) in [5, 5.41) is 21.4. The normalized spacial score (nSPS) is 18.8. The first kappa shape index (κ1) is 26.5. The topological polar surface area (TPSA) is 118 Å². The van der Waals surface area contributed by atoms with Crippen LogP contribution in [0.3, 0.4) is 0 Å². The minimum atomic E-state index is -0.926. The molecule has 3 aromatic rings. The summed E-state index contributed by atoms with van der Waals surface area (Å²) in [6.45, 7) is 10.8. The van der Waals surface area contributed by atoms with Gasteiger partial charge in [0.15, 0.2) is 11.5 Å². The van der Waals surface area contributed by atoms with Gasteiger partial charge in [0, 0.05) is 36.3 Å². The second-order valence-electron chi connectivity index (χ2n) is 11.9. The Kier molecular flexibility index (Phi) is 6.66. The van der Waals surface area contributed by atoms with Crippen LogP contribution in [-0.4, -0.2) is 27.3 Å². The summed E-state index contributed by atoms with van der Waals surface area (Å²) in [6.07, 6.45) is 2.18. The molecule has 8 nitrogen and oxygen atoms in total. The van der Waals surface area contributed by atoms with E-state index >= 15 is 0 Å². The molecule has 0 bridgehead atoms. The van der Waals surface area contributed by atoms with Crippen LogP contribution in [0.4, 0.5) is 5.69 Å². The number of benzene rings is 1. The highest BCUT2D eigenvalue weighted by atomic mass is 35.5. The molecule has 0 saturated heterocycles. The first-order chi connectivity index (χ1) is 17.9. The number of carboxylic acids is 1. The molecule has 0 aliphatic heterocycles. The van der Waals surface area contributed by atoms with Crippen LogP contribution in [0.15, 0.2) is 33.3 Å². The Bertz CT molecular complexity index is 1370. The largest absolute Gasteiger partial charge is 0.481 e. The van der Waals surface area contributed by atoms with Crippen molar-refractivity contribution in [1.82, 2.24) is 10.3 Å². The number of nitrogens with zero attached hydrogens (tertiary/aromatic N) is 2. The maximum Gasteiger partial charge on any atom is 0.303 e. The zero-order chi connectivity index (χ0) is 27.4. The van der Waals surface area contributed by atoms with Crippen LogP contribution in [0, 0.1) is 17.8 Å². The molecule has 2 aliphatic carbocycles. The van der Waals surface area contributed by atoms with E-state index in [2.05, 4.69) is 43.3 Å². The Hall–Kier alpha value is -3.13.